The molecule has 0 aliphatic carbocycles. The third-order valence-electron chi connectivity index (χ3n) is 5.53. The fraction of sp³-hybridized carbons (Fsp3) is 0.750. The van der Waals surface area contributed by atoms with Crippen LogP contribution >= 0.6 is 0 Å². The van der Waals surface area contributed by atoms with Gasteiger partial charge in [0.25, 0.3) is 0 Å². The third kappa shape index (κ3) is 7.75. The van der Waals surface area contributed by atoms with E-state index >= 15 is 0 Å². The first-order valence-corrected chi connectivity index (χ1v) is 11.6. The molecule has 1 unspecified atom stereocenters. The van der Waals surface area contributed by atoms with Gasteiger partial charge in [-0.05, 0) is 60.3 Å². The molecule has 1 fully saturated rings. The number of ether oxygens (including phenoxy) is 2. The molecule has 33 heavy (non-hydrogen) atoms. The zero-order valence-electron chi connectivity index (χ0n) is 21.1. The maximum atomic E-state index is 13.4. The van der Waals surface area contributed by atoms with Crippen molar-refractivity contribution >= 4 is 18.0 Å². The molecule has 1 N–H and O–H groups in total. The predicted octanol–water partition coefficient (Wildman–Crippen LogP) is 4.03. The number of hydrogen-bond acceptors (Lipinski definition) is 7. The van der Waals surface area contributed by atoms with Crippen molar-refractivity contribution in [3.05, 3.63) is 18.0 Å². The number of nitrogens with one attached hydrogen (secondary N) is 1. The van der Waals surface area contributed by atoms with E-state index in [4.69, 9.17) is 14.0 Å². The zero-order chi connectivity index (χ0) is 25.0. The van der Waals surface area contributed by atoms with Crippen LogP contribution in [0.4, 0.5) is 4.79 Å². The van der Waals surface area contributed by atoms with Gasteiger partial charge in [-0.3, -0.25) is 9.69 Å². The van der Waals surface area contributed by atoms with Crippen molar-refractivity contribution in [2.75, 3.05) is 6.54 Å². The molecule has 4 atom stereocenters. The molecular formula is C24H39N3O6. The Morgan fingerprint density at radius 2 is 1.82 bits per heavy atom. The van der Waals surface area contributed by atoms with Gasteiger partial charge < -0.3 is 19.3 Å². The Balaban J connectivity index is 2.44. The highest BCUT2D eigenvalue weighted by atomic mass is 16.6. The van der Waals surface area contributed by atoms with E-state index in [1.165, 1.54) is 11.8 Å². The van der Waals surface area contributed by atoms with Crippen LogP contribution in [0, 0.1) is 5.92 Å². The summed E-state index contributed by atoms with van der Waals surface area (Å²) in [6, 6.07) is 0.554. The van der Waals surface area contributed by atoms with Crippen molar-refractivity contribution in [2.24, 2.45) is 5.92 Å². The van der Waals surface area contributed by atoms with Crippen molar-refractivity contribution in [1.82, 2.24) is 15.4 Å². The summed E-state index contributed by atoms with van der Waals surface area (Å²) in [5.74, 6) is -0.151. The first kappa shape index (κ1) is 26.7. The van der Waals surface area contributed by atoms with Crippen LogP contribution in [0.15, 0.2) is 16.8 Å². The molecule has 9 nitrogen and oxygen atoms in total. The van der Waals surface area contributed by atoms with Gasteiger partial charge >= 0.3 is 12.1 Å². The van der Waals surface area contributed by atoms with E-state index in [1.807, 2.05) is 6.92 Å². The van der Waals surface area contributed by atoms with Crippen LogP contribution in [0.3, 0.4) is 0 Å². The van der Waals surface area contributed by atoms with E-state index in [9.17, 15) is 14.4 Å². The molecule has 2 amide bonds. The van der Waals surface area contributed by atoms with Gasteiger partial charge in [0.2, 0.25) is 5.91 Å². The van der Waals surface area contributed by atoms with Gasteiger partial charge in [-0.2, -0.15) is 0 Å². The number of carbonyl (C=O) groups excluding carboxylic acids is 3. The molecule has 0 aromatic carbocycles. The van der Waals surface area contributed by atoms with Crippen molar-refractivity contribution in [3.8, 4) is 0 Å². The summed E-state index contributed by atoms with van der Waals surface area (Å²) in [7, 11) is 0. The molecule has 9 heteroatoms. The molecule has 1 aliphatic heterocycles. The summed E-state index contributed by atoms with van der Waals surface area (Å²) in [6.45, 7) is 14.7. The highest BCUT2D eigenvalue weighted by molar-refractivity contribution is 5.83. The fourth-order valence-electron chi connectivity index (χ4n) is 4.12. The molecule has 0 spiro atoms. The van der Waals surface area contributed by atoms with Crippen LogP contribution < -0.4 is 5.32 Å². The predicted molar refractivity (Wildman–Crippen MR) is 122 cm³/mol. The minimum atomic E-state index is -0.822. The topological polar surface area (TPSA) is 111 Å². The standard InChI is InChI=1S/C24H39N3O6/c1-9-16(14-25-15(2)28)12-18-17(20-10-11-26-33-20)13-19(21(29)31-23(3,4)5)27(18)22(30)32-24(6,7)8/h10-11,16-19H,9,12-14H2,1-8H3,(H,25,28)/t16?,17-,18-,19-/m1/s1. The number of rotatable bonds is 7. The lowest BCUT2D eigenvalue weighted by Crippen LogP contribution is -2.50. The second-order valence-corrected chi connectivity index (χ2v) is 10.7. The Bertz CT molecular complexity index is 809. The lowest BCUT2D eigenvalue weighted by molar-refractivity contribution is -0.160. The van der Waals surface area contributed by atoms with E-state index in [1.54, 1.807) is 53.8 Å². The molecule has 1 aromatic rings. The van der Waals surface area contributed by atoms with Gasteiger partial charge in [-0.1, -0.05) is 18.5 Å². The Morgan fingerprint density at radius 1 is 1.18 bits per heavy atom. The van der Waals surface area contributed by atoms with Crippen molar-refractivity contribution < 1.29 is 28.4 Å². The summed E-state index contributed by atoms with van der Waals surface area (Å²) in [6.07, 6.45) is 2.67. The van der Waals surface area contributed by atoms with Crippen molar-refractivity contribution in [1.29, 1.82) is 0 Å². The Kier molecular flexibility index (Phi) is 8.54. The number of amides is 2. The molecule has 0 radical (unpaired) electrons. The first-order chi connectivity index (χ1) is 15.2. The van der Waals surface area contributed by atoms with Gasteiger partial charge in [0.1, 0.15) is 23.0 Å². The van der Waals surface area contributed by atoms with E-state index in [0.29, 0.717) is 25.1 Å². The van der Waals surface area contributed by atoms with Gasteiger partial charge in [0.05, 0.1) is 6.20 Å². The van der Waals surface area contributed by atoms with Gasteiger partial charge in [-0.25, -0.2) is 9.59 Å². The highest BCUT2D eigenvalue weighted by Gasteiger charge is 2.51. The van der Waals surface area contributed by atoms with Crippen molar-refractivity contribution in [3.63, 3.8) is 0 Å². The second kappa shape index (κ2) is 10.6. The SMILES string of the molecule is CCC(CNC(C)=O)C[C@@H]1[C@H](c2ccno2)C[C@H](C(=O)OC(C)(C)C)N1C(=O)OC(C)(C)C. The van der Waals surface area contributed by atoms with E-state index in [-0.39, 0.29) is 23.8 Å². The van der Waals surface area contributed by atoms with Gasteiger partial charge in [0, 0.05) is 31.5 Å². The quantitative estimate of drug-likeness (QED) is 0.605. The number of esters is 1. The summed E-state index contributed by atoms with van der Waals surface area (Å²) >= 11 is 0. The number of nitrogens with zero attached hydrogens (tertiary/aromatic N) is 2. The molecule has 2 heterocycles. The molecule has 2 rings (SSSR count). The fourth-order valence-corrected chi connectivity index (χ4v) is 4.12. The average molecular weight is 466 g/mol. The number of hydrogen-bond donors (Lipinski definition) is 1. The number of aromatic nitrogens is 1. The molecule has 186 valence electrons. The van der Waals surface area contributed by atoms with E-state index < -0.39 is 29.3 Å². The summed E-state index contributed by atoms with van der Waals surface area (Å²) in [5.41, 5.74) is -1.43. The van der Waals surface area contributed by atoms with Crippen LogP contribution in [-0.4, -0.2) is 57.9 Å². The average Bonchev–Trinajstić information content (AvgIpc) is 3.29. The van der Waals surface area contributed by atoms with Gasteiger partial charge in [-0.15, -0.1) is 0 Å². The molecular weight excluding hydrogens is 426 g/mol. The van der Waals surface area contributed by atoms with Crippen LogP contribution in [0.2, 0.25) is 0 Å². The summed E-state index contributed by atoms with van der Waals surface area (Å²) in [4.78, 5) is 39.6. The lowest BCUT2D eigenvalue weighted by Gasteiger charge is -2.35. The van der Waals surface area contributed by atoms with Crippen LogP contribution in [-0.2, 0) is 19.1 Å². The number of carbonyl (C=O) groups is 3. The Morgan fingerprint density at radius 3 is 2.30 bits per heavy atom. The van der Waals surface area contributed by atoms with E-state index in [2.05, 4.69) is 10.5 Å². The van der Waals surface area contributed by atoms with Crippen molar-refractivity contribution in [2.45, 2.75) is 104 Å². The molecule has 0 saturated carbocycles. The molecule has 0 bridgehead atoms. The molecule has 1 aromatic heterocycles. The second-order valence-electron chi connectivity index (χ2n) is 10.7. The molecule has 1 saturated heterocycles. The zero-order valence-corrected chi connectivity index (χ0v) is 21.1. The monoisotopic (exact) mass is 465 g/mol. The highest BCUT2D eigenvalue weighted by Crippen LogP contribution is 2.42. The van der Waals surface area contributed by atoms with E-state index in [0.717, 1.165) is 6.42 Å². The largest absolute Gasteiger partial charge is 0.458 e. The minimum Gasteiger partial charge on any atom is -0.458 e. The minimum absolute atomic E-state index is 0.0895. The maximum absolute atomic E-state index is 13.4. The number of likely N-dealkylation sites (tertiary alicyclic amines) is 1. The van der Waals surface area contributed by atoms with Gasteiger partial charge in [0.15, 0.2) is 0 Å². The first-order valence-electron chi connectivity index (χ1n) is 11.6. The van der Waals surface area contributed by atoms with Crippen LogP contribution in [0.25, 0.3) is 0 Å². The normalized spacial score (nSPS) is 22.1. The molecule has 1 aliphatic rings. The third-order valence-corrected chi connectivity index (χ3v) is 5.53. The summed E-state index contributed by atoms with van der Waals surface area (Å²) in [5, 5.41) is 6.70. The van der Waals surface area contributed by atoms with Crippen LogP contribution in [0.5, 0.6) is 0 Å². The lowest BCUT2D eigenvalue weighted by atomic mass is 9.88. The summed E-state index contributed by atoms with van der Waals surface area (Å²) < 4.78 is 16.8. The Hall–Kier alpha value is -2.58. The maximum Gasteiger partial charge on any atom is 0.411 e. The smallest absolute Gasteiger partial charge is 0.411 e. The Labute approximate surface area is 196 Å². The van der Waals surface area contributed by atoms with Crippen LogP contribution in [0.1, 0.15) is 86.3 Å².